The van der Waals surface area contributed by atoms with Gasteiger partial charge in [-0.3, -0.25) is 0 Å². The summed E-state index contributed by atoms with van der Waals surface area (Å²) in [5, 5.41) is 2.50. The van der Waals surface area contributed by atoms with Gasteiger partial charge in [-0.25, -0.2) is 0 Å². The first-order valence-corrected chi connectivity index (χ1v) is 21.6. The quantitative estimate of drug-likeness (QED) is 0.148. The lowest BCUT2D eigenvalue weighted by molar-refractivity contribution is 0.660. The summed E-state index contributed by atoms with van der Waals surface area (Å²) in [6.45, 7) is 4.72. The number of anilines is 3. The first-order chi connectivity index (χ1) is 30.5. The smallest absolute Gasteiger partial charge is 0.0540 e. The van der Waals surface area contributed by atoms with E-state index in [4.69, 9.17) is 0 Å². The normalized spacial score (nSPS) is 12.5. The van der Waals surface area contributed by atoms with Crippen LogP contribution in [0.25, 0.3) is 77.5 Å². The van der Waals surface area contributed by atoms with Crippen molar-refractivity contribution >= 4 is 27.8 Å². The van der Waals surface area contributed by atoms with Gasteiger partial charge in [-0.05, 0) is 119 Å². The number of para-hydroxylation sites is 1. The highest BCUT2D eigenvalue weighted by atomic mass is 15.1. The number of rotatable bonds is 8. The largest absolute Gasteiger partial charge is 0.310 e. The second kappa shape index (κ2) is 15.4. The van der Waals surface area contributed by atoms with Crippen LogP contribution in [0.4, 0.5) is 17.1 Å². The van der Waals surface area contributed by atoms with Crippen LogP contribution in [-0.2, 0) is 5.41 Å². The van der Waals surface area contributed by atoms with E-state index in [1.54, 1.807) is 0 Å². The molecule has 11 rings (SSSR count). The SMILES string of the molecule is CC1(C)c2ccccc2-c2c(-c3ccccc3N(c3ccc(-c4cccc(-c5ccccc5)c4)cc3)c3ccc(-c4cccc5cccc(-c6ccccc6)c45)cc3)cccc21. The Balaban J connectivity index is 1.06. The lowest BCUT2D eigenvalue weighted by Gasteiger charge is -2.29. The highest BCUT2D eigenvalue weighted by Gasteiger charge is 2.37. The van der Waals surface area contributed by atoms with Crippen LogP contribution in [0.2, 0.25) is 0 Å². The van der Waals surface area contributed by atoms with Crippen LogP contribution in [0.15, 0.2) is 237 Å². The molecule has 0 N–H and O–H groups in total. The average molecular weight is 792 g/mol. The van der Waals surface area contributed by atoms with Crippen molar-refractivity contribution in [2.24, 2.45) is 0 Å². The Bertz CT molecular complexity index is 3230. The van der Waals surface area contributed by atoms with Crippen LogP contribution < -0.4 is 4.90 Å². The topological polar surface area (TPSA) is 3.24 Å². The van der Waals surface area contributed by atoms with Gasteiger partial charge in [-0.2, -0.15) is 0 Å². The molecule has 0 bridgehead atoms. The first-order valence-electron chi connectivity index (χ1n) is 21.6. The summed E-state index contributed by atoms with van der Waals surface area (Å²) in [5.41, 5.74) is 20.7. The van der Waals surface area contributed by atoms with E-state index in [0.29, 0.717) is 0 Å². The molecule has 0 saturated carbocycles. The molecular weight excluding hydrogens is 747 g/mol. The standard InChI is InChI=1S/C61H45N/c1-61(2)56-30-11-9-26-55(56)60-54(29-16-31-57(60)61)53-25-10-12-32-58(53)62(49-37-33-43(34-38-49)48-24-13-23-47(41-48)42-17-5-3-6-18-42)50-39-35-45(36-40-50)52-28-15-22-46-21-14-27-51(59(46)52)44-19-7-4-8-20-44/h3-41H,1-2H3. The number of benzene rings is 10. The molecule has 10 aromatic rings. The van der Waals surface area contributed by atoms with Crippen LogP contribution in [-0.4, -0.2) is 0 Å². The molecule has 10 aromatic carbocycles. The molecule has 1 nitrogen and oxygen atoms in total. The Hall–Kier alpha value is -7.74. The van der Waals surface area contributed by atoms with Gasteiger partial charge >= 0.3 is 0 Å². The fourth-order valence-electron chi connectivity index (χ4n) is 9.84. The summed E-state index contributed by atoms with van der Waals surface area (Å²) >= 11 is 0. The highest BCUT2D eigenvalue weighted by Crippen LogP contribution is 2.54. The minimum Gasteiger partial charge on any atom is -0.310 e. The monoisotopic (exact) mass is 791 g/mol. The van der Waals surface area contributed by atoms with Gasteiger partial charge in [0.1, 0.15) is 0 Å². The molecule has 0 unspecified atom stereocenters. The molecule has 0 aliphatic heterocycles. The van der Waals surface area contributed by atoms with Crippen LogP contribution >= 0.6 is 0 Å². The molecule has 62 heavy (non-hydrogen) atoms. The lowest BCUT2D eigenvalue weighted by Crippen LogP contribution is -2.14. The Labute approximate surface area is 364 Å². The zero-order valence-electron chi connectivity index (χ0n) is 35.0. The minimum absolute atomic E-state index is 0.0952. The summed E-state index contributed by atoms with van der Waals surface area (Å²) in [4.78, 5) is 2.44. The predicted molar refractivity (Wildman–Crippen MR) is 263 cm³/mol. The first kappa shape index (κ1) is 37.3. The fourth-order valence-corrected chi connectivity index (χ4v) is 9.84. The fraction of sp³-hybridized carbons (Fsp3) is 0.0492. The van der Waals surface area contributed by atoms with Crippen molar-refractivity contribution in [3.8, 4) is 66.8 Å². The summed E-state index contributed by atoms with van der Waals surface area (Å²) in [6.07, 6.45) is 0. The maximum atomic E-state index is 2.44. The predicted octanol–water partition coefficient (Wildman–Crippen LogP) is 17.0. The highest BCUT2D eigenvalue weighted by molar-refractivity contribution is 6.07. The van der Waals surface area contributed by atoms with E-state index >= 15 is 0 Å². The second-order valence-corrected chi connectivity index (χ2v) is 16.9. The Morgan fingerprint density at radius 1 is 0.306 bits per heavy atom. The van der Waals surface area contributed by atoms with Gasteiger partial charge in [0, 0.05) is 22.4 Å². The molecule has 0 heterocycles. The molecular formula is C61H45N. The summed E-state index contributed by atoms with van der Waals surface area (Å²) < 4.78 is 0. The van der Waals surface area contributed by atoms with Crippen molar-refractivity contribution in [2.75, 3.05) is 4.90 Å². The minimum atomic E-state index is -0.0952. The van der Waals surface area contributed by atoms with Crippen molar-refractivity contribution in [3.05, 3.63) is 248 Å². The van der Waals surface area contributed by atoms with E-state index in [-0.39, 0.29) is 5.41 Å². The number of fused-ring (bicyclic) bond motifs is 4. The zero-order valence-corrected chi connectivity index (χ0v) is 35.0. The molecule has 0 fully saturated rings. The summed E-state index contributed by atoms with van der Waals surface area (Å²) in [5.74, 6) is 0. The third-order valence-electron chi connectivity index (χ3n) is 12.9. The van der Waals surface area contributed by atoms with Crippen molar-refractivity contribution < 1.29 is 0 Å². The number of hydrogen-bond donors (Lipinski definition) is 0. The van der Waals surface area contributed by atoms with Crippen LogP contribution in [0, 0.1) is 0 Å². The van der Waals surface area contributed by atoms with Gasteiger partial charge in [0.05, 0.1) is 5.69 Å². The van der Waals surface area contributed by atoms with E-state index in [1.807, 2.05) is 0 Å². The second-order valence-electron chi connectivity index (χ2n) is 16.9. The van der Waals surface area contributed by atoms with Gasteiger partial charge in [-0.15, -0.1) is 0 Å². The van der Waals surface area contributed by atoms with Gasteiger partial charge in [-0.1, -0.05) is 214 Å². The molecule has 1 heteroatoms. The van der Waals surface area contributed by atoms with Crippen molar-refractivity contribution in [1.82, 2.24) is 0 Å². The average Bonchev–Trinajstić information content (AvgIpc) is 3.58. The molecule has 0 amide bonds. The van der Waals surface area contributed by atoms with Crippen LogP contribution in [0.5, 0.6) is 0 Å². The molecule has 0 aromatic heterocycles. The van der Waals surface area contributed by atoms with Crippen molar-refractivity contribution in [1.29, 1.82) is 0 Å². The number of nitrogens with zero attached hydrogens (tertiary/aromatic N) is 1. The molecule has 0 spiro atoms. The Morgan fingerprint density at radius 3 is 1.40 bits per heavy atom. The lowest BCUT2D eigenvalue weighted by atomic mass is 9.82. The number of hydrogen-bond acceptors (Lipinski definition) is 1. The van der Waals surface area contributed by atoms with E-state index in [2.05, 4.69) is 255 Å². The zero-order chi connectivity index (χ0) is 41.6. The molecule has 1 aliphatic carbocycles. The van der Waals surface area contributed by atoms with Crippen molar-refractivity contribution in [3.63, 3.8) is 0 Å². The van der Waals surface area contributed by atoms with Gasteiger partial charge < -0.3 is 4.90 Å². The molecule has 0 saturated heterocycles. The van der Waals surface area contributed by atoms with Crippen molar-refractivity contribution in [2.45, 2.75) is 19.3 Å². The van der Waals surface area contributed by atoms with E-state index in [9.17, 15) is 0 Å². The Morgan fingerprint density at radius 2 is 0.742 bits per heavy atom. The maximum absolute atomic E-state index is 2.44. The summed E-state index contributed by atoms with van der Waals surface area (Å²) in [7, 11) is 0. The van der Waals surface area contributed by atoms with Crippen LogP contribution in [0.3, 0.4) is 0 Å². The van der Waals surface area contributed by atoms with Crippen LogP contribution in [0.1, 0.15) is 25.0 Å². The van der Waals surface area contributed by atoms with E-state index < -0.39 is 0 Å². The van der Waals surface area contributed by atoms with E-state index in [1.165, 1.54) is 88.7 Å². The van der Waals surface area contributed by atoms with E-state index in [0.717, 1.165) is 17.1 Å². The molecule has 294 valence electrons. The molecule has 0 atom stereocenters. The third kappa shape index (κ3) is 6.42. The maximum Gasteiger partial charge on any atom is 0.0540 e. The van der Waals surface area contributed by atoms with Gasteiger partial charge in [0.15, 0.2) is 0 Å². The van der Waals surface area contributed by atoms with Gasteiger partial charge in [0.2, 0.25) is 0 Å². The Kier molecular flexibility index (Phi) is 9.24. The summed E-state index contributed by atoms with van der Waals surface area (Å²) in [6, 6.07) is 86.5. The molecule has 1 aliphatic rings. The molecule has 0 radical (unpaired) electrons. The van der Waals surface area contributed by atoms with Gasteiger partial charge in [0.25, 0.3) is 0 Å². The third-order valence-corrected chi connectivity index (χ3v) is 12.9.